The fraction of sp³-hybridized carbons (Fsp3) is 0.909. The minimum Gasteiger partial charge on any atom is -0.379 e. The van der Waals surface area contributed by atoms with Gasteiger partial charge in [0, 0.05) is 26.2 Å². The summed E-state index contributed by atoms with van der Waals surface area (Å²) in [4.78, 5) is 6.21. The van der Waals surface area contributed by atoms with E-state index in [0.717, 1.165) is 25.7 Å². The fourth-order valence-corrected chi connectivity index (χ4v) is 1.21. The van der Waals surface area contributed by atoms with Crippen molar-refractivity contribution in [2.45, 2.75) is 32.7 Å². The number of rotatable bonds is 6. The number of ether oxygens (including phenoxy) is 1. The van der Waals surface area contributed by atoms with Gasteiger partial charge in [0.2, 0.25) is 0 Å². The van der Waals surface area contributed by atoms with Crippen molar-refractivity contribution in [3.8, 4) is 0 Å². The van der Waals surface area contributed by atoms with Gasteiger partial charge >= 0.3 is 0 Å². The topological polar surface area (TPSA) is 50.8 Å². The summed E-state index contributed by atoms with van der Waals surface area (Å²) in [6.07, 6.45) is 2.68. The molecular weight excluding hydrogens is 190 g/mol. The van der Waals surface area contributed by atoms with Crippen LogP contribution in [0.25, 0.3) is 0 Å². The van der Waals surface area contributed by atoms with Crippen molar-refractivity contribution in [3.05, 3.63) is 0 Å². The molecule has 15 heavy (non-hydrogen) atoms. The lowest BCUT2D eigenvalue weighted by atomic mass is 10.4. The molecule has 0 aromatic rings. The van der Waals surface area contributed by atoms with Gasteiger partial charge in [-0.05, 0) is 32.6 Å². The second-order valence-electron chi connectivity index (χ2n) is 4.52. The van der Waals surface area contributed by atoms with Crippen LogP contribution < -0.4 is 5.73 Å². The molecule has 2 N–H and O–H groups in total. The smallest absolute Gasteiger partial charge is 0.191 e. The van der Waals surface area contributed by atoms with Crippen LogP contribution in [0.3, 0.4) is 0 Å². The maximum absolute atomic E-state index is 5.79. The molecule has 0 radical (unpaired) electrons. The molecule has 0 aromatic heterocycles. The number of hydrogen-bond donors (Lipinski definition) is 1. The minimum atomic E-state index is 0.250. The second kappa shape index (κ2) is 5.95. The summed E-state index contributed by atoms with van der Waals surface area (Å²) in [6.45, 7) is 6.50. The summed E-state index contributed by atoms with van der Waals surface area (Å²) in [5.74, 6) is 1.43. The van der Waals surface area contributed by atoms with E-state index < -0.39 is 0 Å². The predicted molar refractivity (Wildman–Crippen MR) is 62.9 cm³/mol. The van der Waals surface area contributed by atoms with Gasteiger partial charge in [-0.3, -0.25) is 4.99 Å². The number of likely N-dealkylation sites (N-methyl/N-ethyl adjacent to an activating group) is 1. The number of guanidine groups is 1. The van der Waals surface area contributed by atoms with Crippen molar-refractivity contribution in [1.29, 1.82) is 0 Å². The number of aliphatic imine (C=N–C) groups is 1. The van der Waals surface area contributed by atoms with Crippen LogP contribution in [0, 0.1) is 5.92 Å². The minimum absolute atomic E-state index is 0.250. The predicted octanol–water partition coefficient (Wildman–Crippen LogP) is 1.07. The molecule has 1 fully saturated rings. The molecule has 4 nitrogen and oxygen atoms in total. The summed E-state index contributed by atoms with van der Waals surface area (Å²) in [6, 6.07) is 0.250. The van der Waals surface area contributed by atoms with Crippen molar-refractivity contribution < 1.29 is 4.74 Å². The molecular formula is C11H23N3O. The lowest BCUT2D eigenvalue weighted by molar-refractivity contribution is 0.115. The van der Waals surface area contributed by atoms with Crippen LogP contribution in [0.4, 0.5) is 0 Å². The number of nitrogens with zero attached hydrogens (tertiary/aromatic N) is 2. The first-order chi connectivity index (χ1) is 7.09. The summed E-state index contributed by atoms with van der Waals surface area (Å²) in [5.41, 5.74) is 5.79. The Hall–Kier alpha value is -0.770. The Bertz CT molecular complexity index is 212. The first-order valence-electron chi connectivity index (χ1n) is 5.71. The van der Waals surface area contributed by atoms with E-state index in [-0.39, 0.29) is 6.04 Å². The Morgan fingerprint density at radius 2 is 2.20 bits per heavy atom. The molecule has 1 aliphatic rings. The molecule has 0 unspecified atom stereocenters. The highest BCUT2D eigenvalue weighted by Crippen LogP contribution is 2.28. The van der Waals surface area contributed by atoms with Gasteiger partial charge in [-0.15, -0.1) is 0 Å². The Morgan fingerprint density at radius 3 is 2.73 bits per heavy atom. The summed E-state index contributed by atoms with van der Waals surface area (Å²) < 4.78 is 5.53. The molecule has 0 atom stereocenters. The third-order valence-electron chi connectivity index (χ3n) is 2.40. The summed E-state index contributed by atoms with van der Waals surface area (Å²) >= 11 is 0. The highest BCUT2D eigenvalue weighted by atomic mass is 16.5. The zero-order chi connectivity index (χ0) is 11.3. The van der Waals surface area contributed by atoms with Gasteiger partial charge in [-0.2, -0.15) is 0 Å². The van der Waals surface area contributed by atoms with E-state index in [0.29, 0.717) is 5.96 Å². The third-order valence-corrected chi connectivity index (χ3v) is 2.40. The van der Waals surface area contributed by atoms with Crippen molar-refractivity contribution in [2.75, 3.05) is 26.8 Å². The highest BCUT2D eigenvalue weighted by molar-refractivity contribution is 5.77. The molecule has 0 saturated heterocycles. The van der Waals surface area contributed by atoms with Crippen LogP contribution >= 0.6 is 0 Å². The molecule has 1 aliphatic carbocycles. The third kappa shape index (κ3) is 5.62. The lowest BCUT2D eigenvalue weighted by Crippen LogP contribution is -2.37. The van der Waals surface area contributed by atoms with E-state index in [4.69, 9.17) is 10.5 Å². The fourth-order valence-electron chi connectivity index (χ4n) is 1.21. The maximum Gasteiger partial charge on any atom is 0.191 e. The molecule has 0 heterocycles. The molecule has 88 valence electrons. The molecule has 4 heteroatoms. The van der Waals surface area contributed by atoms with Crippen LogP contribution in [-0.4, -0.2) is 43.7 Å². The maximum atomic E-state index is 5.79. The van der Waals surface area contributed by atoms with Gasteiger partial charge < -0.3 is 15.4 Å². The summed E-state index contributed by atoms with van der Waals surface area (Å²) in [7, 11) is 1.95. The number of hydrogen-bond acceptors (Lipinski definition) is 2. The van der Waals surface area contributed by atoms with Crippen LogP contribution in [0.5, 0.6) is 0 Å². The van der Waals surface area contributed by atoms with E-state index >= 15 is 0 Å². The molecule has 0 bridgehead atoms. The summed E-state index contributed by atoms with van der Waals surface area (Å²) in [5, 5.41) is 0. The monoisotopic (exact) mass is 213 g/mol. The van der Waals surface area contributed by atoms with Crippen LogP contribution in [0.15, 0.2) is 4.99 Å². The molecule has 0 amide bonds. The number of nitrogens with two attached hydrogens (primary N) is 1. The SMILES string of the molecule is CC(C)N=C(N)N(C)CCOCC1CC1. The molecule has 1 saturated carbocycles. The van der Waals surface area contributed by atoms with Gasteiger partial charge in [0.15, 0.2) is 5.96 Å². The highest BCUT2D eigenvalue weighted by Gasteiger charge is 2.20. The standard InChI is InChI=1S/C11H23N3O/c1-9(2)13-11(12)14(3)6-7-15-8-10-4-5-10/h9-10H,4-8H2,1-3H3,(H2,12,13). The Labute approximate surface area is 92.5 Å². The second-order valence-corrected chi connectivity index (χ2v) is 4.52. The lowest BCUT2D eigenvalue weighted by Gasteiger charge is -2.18. The van der Waals surface area contributed by atoms with Crippen molar-refractivity contribution in [1.82, 2.24) is 4.90 Å². The molecule has 0 aromatic carbocycles. The Morgan fingerprint density at radius 1 is 1.53 bits per heavy atom. The van der Waals surface area contributed by atoms with E-state index in [9.17, 15) is 0 Å². The van der Waals surface area contributed by atoms with E-state index in [1.807, 2.05) is 25.8 Å². The van der Waals surface area contributed by atoms with E-state index in [1.165, 1.54) is 12.8 Å². The van der Waals surface area contributed by atoms with Crippen molar-refractivity contribution in [2.24, 2.45) is 16.6 Å². The first kappa shape index (κ1) is 12.3. The van der Waals surface area contributed by atoms with Crippen LogP contribution in [-0.2, 0) is 4.74 Å². The van der Waals surface area contributed by atoms with Crippen LogP contribution in [0.1, 0.15) is 26.7 Å². The van der Waals surface area contributed by atoms with E-state index in [2.05, 4.69) is 4.99 Å². The normalized spacial score (nSPS) is 17.2. The van der Waals surface area contributed by atoms with Gasteiger partial charge in [0.1, 0.15) is 0 Å². The van der Waals surface area contributed by atoms with Gasteiger partial charge in [-0.1, -0.05) is 0 Å². The average Bonchev–Trinajstić information content (AvgIpc) is 2.94. The zero-order valence-electron chi connectivity index (χ0n) is 10.1. The zero-order valence-corrected chi connectivity index (χ0v) is 10.1. The van der Waals surface area contributed by atoms with Gasteiger partial charge in [0.05, 0.1) is 6.61 Å². The largest absolute Gasteiger partial charge is 0.379 e. The van der Waals surface area contributed by atoms with Crippen molar-refractivity contribution >= 4 is 5.96 Å². The molecule has 1 rings (SSSR count). The Kier molecular flexibility index (Phi) is 4.88. The molecule has 0 aliphatic heterocycles. The first-order valence-corrected chi connectivity index (χ1v) is 5.71. The van der Waals surface area contributed by atoms with Crippen molar-refractivity contribution in [3.63, 3.8) is 0 Å². The quantitative estimate of drug-likeness (QED) is 0.408. The average molecular weight is 213 g/mol. The molecule has 0 spiro atoms. The van der Waals surface area contributed by atoms with Gasteiger partial charge in [-0.25, -0.2) is 0 Å². The van der Waals surface area contributed by atoms with E-state index in [1.54, 1.807) is 0 Å². The van der Waals surface area contributed by atoms with Crippen LogP contribution in [0.2, 0.25) is 0 Å². The van der Waals surface area contributed by atoms with Gasteiger partial charge in [0.25, 0.3) is 0 Å². The Balaban J connectivity index is 2.07.